The topological polar surface area (TPSA) is 26.0 Å². The van der Waals surface area contributed by atoms with Crippen molar-refractivity contribution in [1.82, 2.24) is 0 Å². The molecule has 0 unspecified atom stereocenters. The predicted molar refractivity (Wildman–Crippen MR) is 38.1 cm³/mol. The predicted octanol–water partition coefficient (Wildman–Crippen LogP) is 2.16. The van der Waals surface area contributed by atoms with Crippen molar-refractivity contribution < 1.29 is 8.78 Å². The van der Waals surface area contributed by atoms with Crippen LogP contribution in [0.4, 0.5) is 8.78 Å². The SMILES string of the molecule is CCC(F)(F)CC(C)(C)N. The van der Waals surface area contributed by atoms with Crippen molar-refractivity contribution in [3.63, 3.8) is 0 Å². The second-order valence-corrected chi connectivity index (χ2v) is 3.37. The van der Waals surface area contributed by atoms with Crippen molar-refractivity contribution >= 4 is 0 Å². The normalized spacial score (nSPS) is 13.8. The van der Waals surface area contributed by atoms with E-state index in [2.05, 4.69) is 0 Å². The summed E-state index contributed by atoms with van der Waals surface area (Å²) in [5, 5.41) is 0. The van der Waals surface area contributed by atoms with Crippen LogP contribution in [-0.2, 0) is 0 Å². The van der Waals surface area contributed by atoms with E-state index in [9.17, 15) is 8.78 Å². The molecule has 0 amide bonds. The highest BCUT2D eigenvalue weighted by molar-refractivity contribution is 4.80. The summed E-state index contributed by atoms with van der Waals surface area (Å²) in [7, 11) is 0. The van der Waals surface area contributed by atoms with Crippen molar-refractivity contribution in [2.24, 2.45) is 5.73 Å². The van der Waals surface area contributed by atoms with E-state index < -0.39 is 11.5 Å². The first-order valence-electron chi connectivity index (χ1n) is 3.43. The van der Waals surface area contributed by atoms with E-state index in [0.717, 1.165) is 0 Å². The average molecular weight is 151 g/mol. The fourth-order valence-electron chi connectivity index (χ4n) is 0.792. The molecule has 0 aliphatic heterocycles. The summed E-state index contributed by atoms with van der Waals surface area (Å²) in [6, 6.07) is 0. The zero-order valence-corrected chi connectivity index (χ0v) is 6.75. The van der Waals surface area contributed by atoms with E-state index in [0.29, 0.717) is 0 Å². The Hall–Kier alpha value is -0.180. The molecule has 0 aromatic carbocycles. The minimum absolute atomic E-state index is 0.131. The highest BCUT2D eigenvalue weighted by atomic mass is 19.3. The van der Waals surface area contributed by atoms with Gasteiger partial charge in [-0.05, 0) is 13.8 Å². The lowest BCUT2D eigenvalue weighted by Gasteiger charge is -2.24. The zero-order chi connectivity index (χ0) is 8.41. The monoisotopic (exact) mass is 151 g/mol. The van der Waals surface area contributed by atoms with Gasteiger partial charge in [0.2, 0.25) is 5.92 Å². The van der Waals surface area contributed by atoms with Gasteiger partial charge < -0.3 is 5.73 Å². The van der Waals surface area contributed by atoms with Gasteiger partial charge in [-0.3, -0.25) is 0 Å². The van der Waals surface area contributed by atoms with Crippen molar-refractivity contribution in [2.45, 2.75) is 45.1 Å². The Morgan fingerprint density at radius 2 is 1.70 bits per heavy atom. The van der Waals surface area contributed by atoms with E-state index in [1.54, 1.807) is 13.8 Å². The molecule has 0 radical (unpaired) electrons. The van der Waals surface area contributed by atoms with Crippen LogP contribution < -0.4 is 5.73 Å². The molecule has 62 valence electrons. The Morgan fingerprint density at radius 3 is 1.80 bits per heavy atom. The molecule has 0 aromatic rings. The highest BCUT2D eigenvalue weighted by Gasteiger charge is 2.32. The average Bonchev–Trinajstić information content (AvgIpc) is 1.60. The fraction of sp³-hybridized carbons (Fsp3) is 1.00. The summed E-state index contributed by atoms with van der Waals surface area (Å²) in [4.78, 5) is 0. The van der Waals surface area contributed by atoms with E-state index in [4.69, 9.17) is 5.73 Å². The summed E-state index contributed by atoms with van der Waals surface area (Å²) in [6.07, 6.45) is -0.371. The maximum absolute atomic E-state index is 12.6. The molecular formula is C7H15F2N. The number of alkyl halides is 2. The van der Waals surface area contributed by atoms with Gasteiger partial charge in [-0.25, -0.2) is 8.78 Å². The molecule has 0 aliphatic carbocycles. The van der Waals surface area contributed by atoms with Crippen LogP contribution in [0.1, 0.15) is 33.6 Å². The van der Waals surface area contributed by atoms with Crippen LogP contribution in [-0.4, -0.2) is 11.5 Å². The number of rotatable bonds is 3. The van der Waals surface area contributed by atoms with Crippen molar-refractivity contribution in [2.75, 3.05) is 0 Å². The Bertz CT molecular complexity index is 105. The van der Waals surface area contributed by atoms with Gasteiger partial charge in [0.05, 0.1) is 0 Å². The molecule has 3 heteroatoms. The maximum Gasteiger partial charge on any atom is 0.249 e. The lowest BCUT2D eigenvalue weighted by molar-refractivity contribution is -0.0269. The molecule has 0 atom stereocenters. The molecule has 0 fully saturated rings. The van der Waals surface area contributed by atoms with Crippen molar-refractivity contribution in [1.29, 1.82) is 0 Å². The lowest BCUT2D eigenvalue weighted by atomic mass is 9.96. The van der Waals surface area contributed by atoms with Gasteiger partial charge in [-0.1, -0.05) is 6.92 Å². The standard InChI is InChI=1S/C7H15F2N/c1-4-7(8,9)5-6(2,3)10/h4-5,10H2,1-3H3. The molecule has 1 nitrogen and oxygen atoms in total. The second-order valence-electron chi connectivity index (χ2n) is 3.37. The van der Waals surface area contributed by atoms with Crippen molar-refractivity contribution in [3.8, 4) is 0 Å². The van der Waals surface area contributed by atoms with Gasteiger partial charge in [0, 0.05) is 18.4 Å². The number of hydrogen-bond donors (Lipinski definition) is 1. The smallest absolute Gasteiger partial charge is 0.249 e. The molecule has 10 heavy (non-hydrogen) atoms. The van der Waals surface area contributed by atoms with Crippen LogP contribution >= 0.6 is 0 Å². The van der Waals surface area contributed by atoms with Crippen LogP contribution in [0.5, 0.6) is 0 Å². The fourth-order valence-corrected chi connectivity index (χ4v) is 0.792. The molecule has 0 heterocycles. The van der Waals surface area contributed by atoms with Crippen LogP contribution in [0.3, 0.4) is 0 Å². The van der Waals surface area contributed by atoms with Gasteiger partial charge in [0.1, 0.15) is 0 Å². The first-order valence-corrected chi connectivity index (χ1v) is 3.43. The lowest BCUT2D eigenvalue weighted by Crippen LogP contribution is -2.38. The first kappa shape index (κ1) is 9.82. The molecule has 0 bridgehead atoms. The van der Waals surface area contributed by atoms with Gasteiger partial charge in [-0.2, -0.15) is 0 Å². The molecule has 2 N–H and O–H groups in total. The Kier molecular flexibility index (Phi) is 2.77. The van der Waals surface area contributed by atoms with Gasteiger partial charge >= 0.3 is 0 Å². The molecule has 0 aromatic heterocycles. The highest BCUT2D eigenvalue weighted by Crippen LogP contribution is 2.27. The molecule has 0 rings (SSSR count). The molecule has 0 aliphatic rings. The summed E-state index contributed by atoms with van der Waals surface area (Å²) in [5.74, 6) is -2.60. The van der Waals surface area contributed by atoms with Crippen molar-refractivity contribution in [3.05, 3.63) is 0 Å². The Morgan fingerprint density at radius 1 is 1.30 bits per heavy atom. The van der Waals surface area contributed by atoms with Crippen LogP contribution in [0.25, 0.3) is 0 Å². The quantitative estimate of drug-likeness (QED) is 0.657. The van der Waals surface area contributed by atoms with Crippen LogP contribution in [0.2, 0.25) is 0 Å². The van der Waals surface area contributed by atoms with E-state index in [-0.39, 0.29) is 12.8 Å². The molecule has 0 saturated carbocycles. The van der Waals surface area contributed by atoms with E-state index >= 15 is 0 Å². The number of halogens is 2. The molecule has 0 spiro atoms. The summed E-state index contributed by atoms with van der Waals surface area (Å²) >= 11 is 0. The van der Waals surface area contributed by atoms with E-state index in [1.165, 1.54) is 6.92 Å². The largest absolute Gasteiger partial charge is 0.325 e. The van der Waals surface area contributed by atoms with Crippen LogP contribution in [0, 0.1) is 0 Å². The second kappa shape index (κ2) is 2.82. The number of nitrogens with two attached hydrogens (primary N) is 1. The van der Waals surface area contributed by atoms with Gasteiger partial charge in [0.25, 0.3) is 0 Å². The Labute approximate surface area is 60.6 Å². The molecule has 0 saturated heterocycles. The Balaban J connectivity index is 3.89. The minimum atomic E-state index is -2.60. The number of hydrogen-bond acceptors (Lipinski definition) is 1. The first-order chi connectivity index (χ1) is 4.27. The summed E-state index contributed by atoms with van der Waals surface area (Å²) in [5.41, 5.74) is 4.65. The van der Waals surface area contributed by atoms with E-state index in [1.807, 2.05) is 0 Å². The minimum Gasteiger partial charge on any atom is -0.325 e. The van der Waals surface area contributed by atoms with Gasteiger partial charge in [0.15, 0.2) is 0 Å². The van der Waals surface area contributed by atoms with Crippen LogP contribution in [0.15, 0.2) is 0 Å². The summed E-state index contributed by atoms with van der Waals surface area (Å²) < 4.78 is 25.1. The summed E-state index contributed by atoms with van der Waals surface area (Å²) in [6.45, 7) is 4.68. The zero-order valence-electron chi connectivity index (χ0n) is 6.75. The van der Waals surface area contributed by atoms with Gasteiger partial charge in [-0.15, -0.1) is 0 Å². The third kappa shape index (κ3) is 4.68. The third-order valence-electron chi connectivity index (χ3n) is 1.23. The third-order valence-corrected chi connectivity index (χ3v) is 1.23. The molecular weight excluding hydrogens is 136 g/mol. The maximum atomic E-state index is 12.6.